The normalized spacial score (nSPS) is 8.68. The molecule has 4 heteroatoms. The largest absolute Gasteiger partial charge is 0.465 e. The first-order chi connectivity index (χ1) is 10.7. The predicted octanol–water partition coefficient (Wildman–Crippen LogP) is 2.65. The summed E-state index contributed by atoms with van der Waals surface area (Å²) in [5.74, 6) is 5.36. The van der Waals surface area contributed by atoms with Gasteiger partial charge in [-0.15, -0.1) is 0 Å². The minimum absolute atomic E-state index is 0.390. The predicted molar refractivity (Wildman–Crippen MR) is 88.2 cm³/mol. The van der Waals surface area contributed by atoms with Gasteiger partial charge in [0.15, 0.2) is 0 Å². The number of hydrogen-bond donors (Lipinski definition) is 1. The zero-order chi connectivity index (χ0) is 16.4. The van der Waals surface area contributed by atoms with Crippen molar-refractivity contribution in [3.05, 3.63) is 66.4 Å². The van der Waals surface area contributed by atoms with Crippen molar-refractivity contribution in [3.63, 3.8) is 0 Å². The SMILES string of the molecule is C=CC#Cc1ccc(-c2ccc(C(=O)OC)cn2)cc1.CN. The molecule has 0 saturated heterocycles. The van der Waals surface area contributed by atoms with E-state index in [-0.39, 0.29) is 5.97 Å². The van der Waals surface area contributed by atoms with Crippen molar-refractivity contribution >= 4 is 5.97 Å². The van der Waals surface area contributed by atoms with Crippen LogP contribution in [-0.4, -0.2) is 25.1 Å². The number of hydrogen-bond acceptors (Lipinski definition) is 4. The maximum Gasteiger partial charge on any atom is 0.339 e. The number of allylic oxidation sites excluding steroid dienone is 1. The van der Waals surface area contributed by atoms with Crippen molar-refractivity contribution in [1.29, 1.82) is 0 Å². The third-order valence-corrected chi connectivity index (χ3v) is 2.68. The molecular formula is C18H18N2O2. The van der Waals surface area contributed by atoms with Crippen LogP contribution in [0.25, 0.3) is 11.3 Å². The zero-order valence-corrected chi connectivity index (χ0v) is 12.7. The van der Waals surface area contributed by atoms with Crippen molar-refractivity contribution in [2.24, 2.45) is 5.73 Å². The fourth-order valence-electron chi connectivity index (χ4n) is 1.66. The molecule has 0 fully saturated rings. The average molecular weight is 294 g/mol. The van der Waals surface area contributed by atoms with Crippen LogP contribution < -0.4 is 5.73 Å². The third-order valence-electron chi connectivity index (χ3n) is 2.68. The molecule has 1 heterocycles. The Balaban J connectivity index is 0.00000116. The molecular weight excluding hydrogens is 276 g/mol. The van der Waals surface area contributed by atoms with Crippen molar-refractivity contribution in [2.45, 2.75) is 0 Å². The summed E-state index contributed by atoms with van der Waals surface area (Å²) in [6.45, 7) is 3.55. The van der Waals surface area contributed by atoms with Crippen LogP contribution >= 0.6 is 0 Å². The van der Waals surface area contributed by atoms with Crippen LogP contribution in [-0.2, 0) is 4.74 Å². The summed E-state index contributed by atoms with van der Waals surface area (Å²) in [7, 11) is 2.85. The van der Waals surface area contributed by atoms with Gasteiger partial charge in [-0.1, -0.05) is 30.6 Å². The molecule has 2 rings (SSSR count). The summed E-state index contributed by atoms with van der Waals surface area (Å²) in [6, 6.07) is 11.2. The Bertz CT molecular complexity index is 678. The number of nitrogens with two attached hydrogens (primary N) is 1. The Morgan fingerprint density at radius 1 is 1.23 bits per heavy atom. The minimum Gasteiger partial charge on any atom is -0.465 e. The Labute approximate surface area is 130 Å². The van der Waals surface area contributed by atoms with Crippen molar-refractivity contribution in [1.82, 2.24) is 4.98 Å². The number of esters is 1. The van der Waals surface area contributed by atoms with E-state index in [1.807, 2.05) is 24.3 Å². The molecule has 0 aliphatic heterocycles. The van der Waals surface area contributed by atoms with E-state index in [2.05, 4.69) is 33.9 Å². The fraction of sp³-hybridized carbons (Fsp3) is 0.111. The van der Waals surface area contributed by atoms with Gasteiger partial charge in [-0.3, -0.25) is 4.98 Å². The van der Waals surface area contributed by atoms with E-state index < -0.39 is 0 Å². The lowest BCUT2D eigenvalue weighted by molar-refractivity contribution is 0.0600. The van der Waals surface area contributed by atoms with Gasteiger partial charge in [0.25, 0.3) is 0 Å². The van der Waals surface area contributed by atoms with Crippen LogP contribution in [0.3, 0.4) is 0 Å². The molecule has 2 N–H and O–H groups in total. The quantitative estimate of drug-likeness (QED) is 0.683. The number of carbonyl (C=O) groups is 1. The first-order valence-electron chi connectivity index (χ1n) is 6.59. The Kier molecular flexibility index (Phi) is 7.10. The highest BCUT2D eigenvalue weighted by atomic mass is 16.5. The summed E-state index contributed by atoms with van der Waals surface area (Å²) in [5, 5.41) is 0. The highest BCUT2D eigenvalue weighted by molar-refractivity contribution is 5.89. The van der Waals surface area contributed by atoms with Crippen LogP contribution in [0, 0.1) is 11.8 Å². The van der Waals surface area contributed by atoms with E-state index in [0.717, 1.165) is 16.8 Å². The average Bonchev–Trinajstić information content (AvgIpc) is 2.61. The highest BCUT2D eigenvalue weighted by Crippen LogP contribution is 2.17. The number of ether oxygens (including phenoxy) is 1. The highest BCUT2D eigenvalue weighted by Gasteiger charge is 2.06. The third kappa shape index (κ3) is 4.58. The zero-order valence-electron chi connectivity index (χ0n) is 12.7. The maximum atomic E-state index is 11.3. The van der Waals surface area contributed by atoms with Crippen molar-refractivity contribution in [2.75, 3.05) is 14.2 Å². The first kappa shape index (κ1) is 17.2. The number of pyridine rings is 1. The molecule has 22 heavy (non-hydrogen) atoms. The van der Waals surface area contributed by atoms with Gasteiger partial charge in [0.2, 0.25) is 0 Å². The van der Waals surface area contributed by atoms with Gasteiger partial charge in [0.1, 0.15) is 0 Å². The molecule has 0 amide bonds. The second-order valence-corrected chi connectivity index (χ2v) is 3.97. The van der Waals surface area contributed by atoms with E-state index in [1.54, 1.807) is 18.2 Å². The Morgan fingerprint density at radius 2 is 1.91 bits per heavy atom. The van der Waals surface area contributed by atoms with E-state index in [0.29, 0.717) is 5.56 Å². The summed E-state index contributed by atoms with van der Waals surface area (Å²) >= 11 is 0. The van der Waals surface area contributed by atoms with Crippen LogP contribution in [0.4, 0.5) is 0 Å². The molecule has 0 bridgehead atoms. The van der Waals surface area contributed by atoms with Crippen LogP contribution in [0.15, 0.2) is 55.3 Å². The molecule has 112 valence electrons. The number of carbonyl (C=O) groups excluding carboxylic acids is 1. The number of nitrogens with zero attached hydrogens (tertiary/aromatic N) is 1. The Hall–Kier alpha value is -2.90. The van der Waals surface area contributed by atoms with E-state index in [9.17, 15) is 4.79 Å². The van der Waals surface area contributed by atoms with E-state index in [1.165, 1.54) is 20.4 Å². The summed E-state index contributed by atoms with van der Waals surface area (Å²) in [4.78, 5) is 15.6. The summed E-state index contributed by atoms with van der Waals surface area (Å²) in [5.41, 5.74) is 7.61. The van der Waals surface area contributed by atoms with Gasteiger partial charge in [-0.25, -0.2) is 4.79 Å². The molecule has 1 aromatic carbocycles. The van der Waals surface area contributed by atoms with Crippen molar-refractivity contribution in [3.8, 4) is 23.1 Å². The smallest absolute Gasteiger partial charge is 0.339 e. The topological polar surface area (TPSA) is 65.2 Å². The van der Waals surface area contributed by atoms with Gasteiger partial charge < -0.3 is 10.5 Å². The lowest BCUT2D eigenvalue weighted by Crippen LogP contribution is -2.01. The number of rotatable bonds is 2. The molecule has 0 spiro atoms. The van der Waals surface area contributed by atoms with Crippen LogP contribution in [0.2, 0.25) is 0 Å². The number of benzene rings is 1. The monoisotopic (exact) mass is 294 g/mol. The molecule has 0 saturated carbocycles. The molecule has 0 radical (unpaired) electrons. The van der Waals surface area contributed by atoms with Gasteiger partial charge in [-0.2, -0.15) is 0 Å². The molecule has 1 aromatic heterocycles. The van der Waals surface area contributed by atoms with Gasteiger partial charge in [-0.05, 0) is 37.4 Å². The van der Waals surface area contributed by atoms with Gasteiger partial charge in [0.05, 0.1) is 18.4 Å². The molecule has 0 aliphatic rings. The number of aromatic nitrogens is 1. The first-order valence-corrected chi connectivity index (χ1v) is 6.59. The second-order valence-electron chi connectivity index (χ2n) is 3.97. The maximum absolute atomic E-state index is 11.3. The molecule has 0 atom stereocenters. The summed E-state index contributed by atoms with van der Waals surface area (Å²) in [6.07, 6.45) is 3.06. The molecule has 2 aromatic rings. The Morgan fingerprint density at radius 3 is 2.41 bits per heavy atom. The molecule has 0 aliphatic carbocycles. The van der Waals surface area contributed by atoms with Gasteiger partial charge >= 0.3 is 5.97 Å². The minimum atomic E-state index is -0.390. The van der Waals surface area contributed by atoms with Crippen LogP contribution in [0.5, 0.6) is 0 Å². The van der Waals surface area contributed by atoms with E-state index in [4.69, 9.17) is 0 Å². The standard InChI is InChI=1S/C17H13NO2.CH5N/c1-3-4-5-13-6-8-14(9-7-13)16-11-10-15(12-18-16)17(19)20-2;1-2/h3,6-12H,1H2,2H3;2H2,1H3. The fourth-order valence-corrected chi connectivity index (χ4v) is 1.66. The molecule has 0 unspecified atom stereocenters. The lowest BCUT2D eigenvalue weighted by atomic mass is 10.1. The molecule has 4 nitrogen and oxygen atoms in total. The van der Waals surface area contributed by atoms with Gasteiger partial charge in [0, 0.05) is 17.3 Å². The number of methoxy groups -OCH3 is 1. The van der Waals surface area contributed by atoms with Crippen molar-refractivity contribution < 1.29 is 9.53 Å². The summed E-state index contributed by atoms with van der Waals surface area (Å²) < 4.78 is 4.63. The second kappa shape index (κ2) is 9.11. The van der Waals surface area contributed by atoms with E-state index >= 15 is 0 Å². The lowest BCUT2D eigenvalue weighted by Gasteiger charge is -2.02. The van der Waals surface area contributed by atoms with Crippen LogP contribution in [0.1, 0.15) is 15.9 Å².